The molecule has 1 fully saturated rings. The van der Waals surface area contributed by atoms with Crippen LogP contribution in [0.1, 0.15) is 18.4 Å². The number of aromatic nitrogens is 5. The van der Waals surface area contributed by atoms with Crippen LogP contribution in [0.3, 0.4) is 0 Å². The van der Waals surface area contributed by atoms with E-state index in [-0.39, 0.29) is 30.0 Å². The molecule has 1 unspecified atom stereocenters. The largest absolute Gasteiger partial charge is 0.364 e. The van der Waals surface area contributed by atoms with Crippen molar-refractivity contribution >= 4 is 36.8 Å². The number of piperidine rings is 1. The molecule has 5 rings (SSSR count). The third kappa shape index (κ3) is 5.39. The van der Waals surface area contributed by atoms with Crippen molar-refractivity contribution < 1.29 is 13.3 Å². The van der Waals surface area contributed by atoms with Gasteiger partial charge in [0.1, 0.15) is 23.5 Å². The van der Waals surface area contributed by atoms with Gasteiger partial charge in [0.05, 0.1) is 18.4 Å². The zero-order valence-corrected chi connectivity index (χ0v) is 21.0. The molecule has 0 bridgehead atoms. The SMILES string of the molecule is NC1CCCN(c2nc(-c3cc(-c4ccon4)n(Cc4ccccc4F)n3)ncc2F)C1.SI. The Kier molecular flexibility index (Phi) is 8.11. The van der Waals surface area contributed by atoms with Crippen LogP contribution in [-0.4, -0.2) is 44.0 Å². The van der Waals surface area contributed by atoms with Gasteiger partial charge in [-0.2, -0.15) is 5.10 Å². The lowest BCUT2D eigenvalue weighted by molar-refractivity contribution is 0.421. The molecule has 1 aliphatic rings. The van der Waals surface area contributed by atoms with Gasteiger partial charge in [0.2, 0.25) is 0 Å². The maximum Gasteiger partial charge on any atom is 0.183 e. The molecular weight excluding hydrogens is 575 g/mol. The van der Waals surface area contributed by atoms with Gasteiger partial charge >= 0.3 is 0 Å². The molecule has 3 aromatic heterocycles. The highest BCUT2D eigenvalue weighted by Gasteiger charge is 2.23. The molecule has 0 radical (unpaired) electrons. The van der Waals surface area contributed by atoms with Crippen LogP contribution in [0.4, 0.5) is 14.6 Å². The van der Waals surface area contributed by atoms with Gasteiger partial charge in [0, 0.05) is 30.8 Å². The van der Waals surface area contributed by atoms with Gasteiger partial charge in [-0.25, -0.2) is 18.7 Å². The van der Waals surface area contributed by atoms with Crippen LogP contribution in [-0.2, 0) is 6.54 Å². The van der Waals surface area contributed by atoms with E-state index >= 15 is 0 Å². The third-order valence-corrected chi connectivity index (χ3v) is 5.47. The fraction of sp³-hybridized carbons (Fsp3) is 0.273. The van der Waals surface area contributed by atoms with Crippen LogP contribution in [0.15, 0.2) is 53.4 Å². The van der Waals surface area contributed by atoms with Crippen LogP contribution >= 0.6 is 31.0 Å². The number of anilines is 1. The highest BCUT2D eigenvalue weighted by Crippen LogP contribution is 2.27. The van der Waals surface area contributed by atoms with Crippen molar-refractivity contribution in [3.63, 3.8) is 0 Å². The Labute approximate surface area is 212 Å². The Bertz CT molecular complexity index is 1240. The second-order valence-corrected chi connectivity index (χ2v) is 7.76. The van der Waals surface area contributed by atoms with Gasteiger partial charge in [-0.05, 0) is 46.2 Å². The van der Waals surface area contributed by atoms with Crippen molar-refractivity contribution in [1.29, 1.82) is 0 Å². The summed E-state index contributed by atoms with van der Waals surface area (Å²) in [5.41, 5.74) is 8.08. The topological polar surface area (TPSA) is 98.9 Å². The van der Waals surface area contributed by atoms with Crippen molar-refractivity contribution in [3.8, 4) is 22.9 Å². The zero-order valence-electron chi connectivity index (χ0n) is 18.0. The molecule has 12 heteroatoms. The van der Waals surface area contributed by atoms with Crippen molar-refractivity contribution in [2.45, 2.75) is 25.4 Å². The molecule has 4 aromatic rings. The first-order valence-electron chi connectivity index (χ1n) is 10.5. The molecule has 8 nitrogen and oxygen atoms in total. The second-order valence-electron chi connectivity index (χ2n) is 7.76. The van der Waals surface area contributed by atoms with E-state index in [1.807, 2.05) is 26.1 Å². The molecule has 2 N–H and O–H groups in total. The Morgan fingerprint density at radius 1 is 1.15 bits per heavy atom. The number of benzene rings is 1. The fourth-order valence-electron chi connectivity index (χ4n) is 3.89. The molecule has 0 aliphatic carbocycles. The van der Waals surface area contributed by atoms with E-state index in [2.05, 4.69) is 30.0 Å². The number of thiol groups is 1. The second kappa shape index (κ2) is 11.2. The summed E-state index contributed by atoms with van der Waals surface area (Å²) < 4.78 is 35.4. The first-order valence-corrected chi connectivity index (χ1v) is 13.7. The summed E-state index contributed by atoms with van der Waals surface area (Å²) >= 11 is 1.84. The van der Waals surface area contributed by atoms with Crippen molar-refractivity contribution in [2.75, 3.05) is 18.0 Å². The molecular formula is C22H22F2IN7OS. The van der Waals surface area contributed by atoms with Gasteiger partial charge in [-0.15, -0.1) is 9.80 Å². The third-order valence-electron chi connectivity index (χ3n) is 5.47. The van der Waals surface area contributed by atoms with Gasteiger partial charge in [-0.1, -0.05) is 23.4 Å². The number of hydrogen-bond donors (Lipinski definition) is 2. The minimum Gasteiger partial charge on any atom is -0.364 e. The maximum absolute atomic E-state index is 14.5. The highest BCUT2D eigenvalue weighted by molar-refractivity contribution is 14.2. The number of hydrogen-bond acceptors (Lipinski definition) is 8. The molecule has 0 amide bonds. The van der Waals surface area contributed by atoms with E-state index in [0.29, 0.717) is 35.7 Å². The molecule has 1 saturated heterocycles. The summed E-state index contributed by atoms with van der Waals surface area (Å²) in [5, 5.41) is 8.56. The summed E-state index contributed by atoms with van der Waals surface area (Å²) in [6, 6.07) is 9.87. The molecule has 4 heterocycles. The standard InChI is InChI=1S/C22H21F2N7O.HIS/c23-16-6-2-1-4-14(16)12-31-20(18-7-9-32-29-18)10-19(28-31)21-26-11-17(24)22(27-21)30-8-3-5-15(25)13-30;1-2/h1-2,4,6-7,9-11,15H,3,5,8,12-13,25H2;2H. The van der Waals surface area contributed by atoms with E-state index in [9.17, 15) is 8.78 Å². The van der Waals surface area contributed by atoms with Crippen LogP contribution < -0.4 is 10.6 Å². The Hall–Kier alpha value is -2.58. The summed E-state index contributed by atoms with van der Waals surface area (Å²) in [4.78, 5) is 10.4. The van der Waals surface area contributed by atoms with Crippen molar-refractivity contribution in [2.24, 2.45) is 5.73 Å². The smallest absolute Gasteiger partial charge is 0.183 e. The van der Waals surface area contributed by atoms with Gasteiger partial charge in [0.15, 0.2) is 17.5 Å². The fourth-order valence-corrected chi connectivity index (χ4v) is 3.89. The first-order chi connectivity index (χ1) is 16.6. The number of nitrogens with two attached hydrogens (primary N) is 1. The number of halogens is 3. The lowest BCUT2D eigenvalue weighted by Gasteiger charge is -2.31. The monoisotopic (exact) mass is 597 g/mol. The van der Waals surface area contributed by atoms with E-state index in [0.717, 1.165) is 19.0 Å². The molecule has 178 valence electrons. The molecule has 1 atom stereocenters. The van der Waals surface area contributed by atoms with Crippen molar-refractivity contribution in [3.05, 3.63) is 66.1 Å². The number of nitrogens with zero attached hydrogens (tertiary/aromatic N) is 6. The van der Waals surface area contributed by atoms with Gasteiger partial charge in [0.25, 0.3) is 0 Å². The molecule has 34 heavy (non-hydrogen) atoms. The Balaban J connectivity index is 0.00000133. The van der Waals surface area contributed by atoms with Crippen LogP contribution in [0, 0.1) is 11.6 Å². The van der Waals surface area contributed by atoms with Crippen LogP contribution in [0.5, 0.6) is 0 Å². The summed E-state index contributed by atoms with van der Waals surface area (Å²) in [6.45, 7) is 1.37. The molecule has 0 spiro atoms. The quantitative estimate of drug-likeness (QED) is 0.258. The summed E-state index contributed by atoms with van der Waals surface area (Å²) in [5.74, 6) is -0.378. The average molecular weight is 597 g/mol. The lowest BCUT2D eigenvalue weighted by Crippen LogP contribution is -2.43. The maximum atomic E-state index is 14.5. The first kappa shape index (κ1) is 24.5. The minimum atomic E-state index is -0.509. The zero-order chi connectivity index (χ0) is 24.1. The molecule has 0 saturated carbocycles. The Morgan fingerprint density at radius 2 is 1.97 bits per heavy atom. The van der Waals surface area contributed by atoms with E-state index in [1.54, 1.807) is 35.0 Å². The normalized spacial score (nSPS) is 15.7. The summed E-state index contributed by atoms with van der Waals surface area (Å²) in [6.07, 6.45) is 4.36. The molecule has 1 aliphatic heterocycles. The number of rotatable bonds is 5. The minimum absolute atomic E-state index is 0.0275. The van der Waals surface area contributed by atoms with Crippen LogP contribution in [0.25, 0.3) is 22.9 Å². The van der Waals surface area contributed by atoms with Crippen LogP contribution in [0.2, 0.25) is 0 Å². The van der Waals surface area contributed by atoms with Gasteiger partial charge in [-0.3, -0.25) is 4.68 Å². The van der Waals surface area contributed by atoms with E-state index in [1.165, 1.54) is 12.3 Å². The average Bonchev–Trinajstić information content (AvgIpc) is 3.52. The van der Waals surface area contributed by atoms with Gasteiger partial charge < -0.3 is 15.2 Å². The molecule has 1 aromatic carbocycles. The predicted molar refractivity (Wildman–Crippen MR) is 137 cm³/mol. The summed E-state index contributed by atoms with van der Waals surface area (Å²) in [7, 11) is 3.50. The van der Waals surface area contributed by atoms with Crippen molar-refractivity contribution in [1.82, 2.24) is 24.9 Å². The lowest BCUT2D eigenvalue weighted by atomic mass is 10.1. The Morgan fingerprint density at radius 3 is 2.71 bits per heavy atom. The predicted octanol–water partition coefficient (Wildman–Crippen LogP) is 4.52. The van der Waals surface area contributed by atoms with E-state index < -0.39 is 5.82 Å². The van der Waals surface area contributed by atoms with E-state index in [4.69, 9.17) is 10.3 Å². The highest BCUT2D eigenvalue weighted by atomic mass is 127.